The van der Waals surface area contributed by atoms with Crippen LogP contribution in [0.1, 0.15) is 67.0 Å². The van der Waals surface area contributed by atoms with E-state index in [4.69, 9.17) is 23.7 Å². The highest BCUT2D eigenvalue weighted by atomic mass is 32.2. The molecule has 1 fully saturated rings. The van der Waals surface area contributed by atoms with Crippen molar-refractivity contribution in [1.29, 1.82) is 0 Å². The molecule has 3 amide bonds. The first kappa shape index (κ1) is 38.9. The molecule has 0 spiro atoms. The number of nitrogens with zero attached hydrogens (tertiary/aromatic N) is 5. The van der Waals surface area contributed by atoms with Crippen LogP contribution in [0.25, 0.3) is 34.0 Å². The topological polar surface area (TPSA) is 192 Å². The first-order chi connectivity index (χ1) is 24.7. The molecule has 1 atom stereocenters. The Kier molecular flexibility index (Phi) is 11.0. The second-order valence-electron chi connectivity index (χ2n) is 14.6. The maximum Gasteiger partial charge on any atom is 0.425 e. The fraction of sp³-hybridized carbons (Fsp3) is 0.405. The van der Waals surface area contributed by atoms with Crippen LogP contribution < -0.4 is 4.90 Å². The van der Waals surface area contributed by atoms with E-state index in [0.717, 1.165) is 5.56 Å². The standard InChI is InChI=1S/C37H43N5O10S/c1-22(2)53(47,48)26-15-13-24(14-16-26)28-20-38-32(42(34(45)50-36(3,4)5)35(46)51-37(6,7)8)31(39-28)30-19-27(40-52-30)23-9-11-25(12-10-23)29-21-49-18-17-41(29)33(43)44/h9-16,19-20,22,29H,17-18,21H2,1-8H3,(H,43,44)/t29-/m0/s1. The van der Waals surface area contributed by atoms with Gasteiger partial charge in [0.05, 0.1) is 41.3 Å². The number of anilines is 1. The molecule has 0 unspecified atom stereocenters. The molecule has 4 aromatic rings. The summed E-state index contributed by atoms with van der Waals surface area (Å²) in [6.07, 6.45) is -1.85. The molecular weight excluding hydrogens is 706 g/mol. The summed E-state index contributed by atoms with van der Waals surface area (Å²) in [5.41, 5.74) is 0.412. The number of hydrogen-bond donors (Lipinski definition) is 1. The predicted molar refractivity (Wildman–Crippen MR) is 194 cm³/mol. The number of rotatable bonds is 7. The van der Waals surface area contributed by atoms with Crippen molar-refractivity contribution in [2.24, 2.45) is 0 Å². The Morgan fingerprint density at radius 2 is 1.47 bits per heavy atom. The van der Waals surface area contributed by atoms with Crippen LogP contribution in [0, 0.1) is 0 Å². The third-order valence-electron chi connectivity index (χ3n) is 7.93. The van der Waals surface area contributed by atoms with Crippen LogP contribution in [0.4, 0.5) is 20.2 Å². The first-order valence-electron chi connectivity index (χ1n) is 16.9. The van der Waals surface area contributed by atoms with E-state index in [9.17, 15) is 27.9 Å². The molecule has 2 aromatic heterocycles. The lowest BCUT2D eigenvalue weighted by Gasteiger charge is -2.33. The lowest BCUT2D eigenvalue weighted by atomic mass is 10.0. The van der Waals surface area contributed by atoms with Crippen molar-refractivity contribution in [3.63, 3.8) is 0 Å². The number of morpholine rings is 1. The van der Waals surface area contributed by atoms with E-state index < -0.39 is 50.6 Å². The molecule has 53 heavy (non-hydrogen) atoms. The fourth-order valence-corrected chi connectivity index (χ4v) is 6.37. The first-order valence-corrected chi connectivity index (χ1v) is 18.4. The van der Waals surface area contributed by atoms with E-state index >= 15 is 0 Å². The molecule has 1 saturated heterocycles. The van der Waals surface area contributed by atoms with Gasteiger partial charge >= 0.3 is 18.3 Å². The van der Waals surface area contributed by atoms with Gasteiger partial charge in [-0.25, -0.2) is 32.8 Å². The molecule has 3 heterocycles. The van der Waals surface area contributed by atoms with Gasteiger partial charge in [-0.1, -0.05) is 41.6 Å². The van der Waals surface area contributed by atoms with Crippen molar-refractivity contribution in [2.75, 3.05) is 24.7 Å². The Balaban J connectivity index is 1.60. The van der Waals surface area contributed by atoms with Crippen molar-refractivity contribution >= 4 is 33.9 Å². The number of sulfone groups is 1. The summed E-state index contributed by atoms with van der Waals surface area (Å²) < 4.78 is 48.0. The summed E-state index contributed by atoms with van der Waals surface area (Å²) in [6.45, 7) is 13.9. The minimum Gasteiger partial charge on any atom is -0.465 e. The highest BCUT2D eigenvalue weighted by Crippen LogP contribution is 2.35. The summed E-state index contributed by atoms with van der Waals surface area (Å²) in [4.78, 5) is 50.4. The van der Waals surface area contributed by atoms with Gasteiger partial charge in [-0.05, 0) is 73.1 Å². The summed E-state index contributed by atoms with van der Waals surface area (Å²) in [7, 11) is -3.54. The number of benzene rings is 2. The van der Waals surface area contributed by atoms with Gasteiger partial charge in [-0.2, -0.15) is 4.90 Å². The van der Waals surface area contributed by atoms with Crippen LogP contribution in [0.3, 0.4) is 0 Å². The lowest BCUT2D eigenvalue weighted by molar-refractivity contribution is -0.000894. The van der Waals surface area contributed by atoms with E-state index in [1.807, 2.05) is 0 Å². The molecule has 1 aliphatic rings. The fourth-order valence-electron chi connectivity index (χ4n) is 5.31. The molecule has 0 radical (unpaired) electrons. The molecule has 0 bridgehead atoms. The molecule has 5 rings (SSSR count). The summed E-state index contributed by atoms with van der Waals surface area (Å²) in [6, 6.07) is 14.3. The van der Waals surface area contributed by atoms with Crippen LogP contribution in [0.5, 0.6) is 0 Å². The molecule has 0 saturated carbocycles. The van der Waals surface area contributed by atoms with Gasteiger partial charge in [0.2, 0.25) is 0 Å². The van der Waals surface area contributed by atoms with E-state index in [1.165, 1.54) is 23.2 Å². The Morgan fingerprint density at radius 1 is 0.906 bits per heavy atom. The summed E-state index contributed by atoms with van der Waals surface area (Å²) >= 11 is 0. The maximum absolute atomic E-state index is 13.6. The monoisotopic (exact) mass is 749 g/mol. The van der Waals surface area contributed by atoms with Crippen molar-refractivity contribution in [3.8, 4) is 34.0 Å². The Bertz CT molecular complexity index is 2060. The highest BCUT2D eigenvalue weighted by molar-refractivity contribution is 7.92. The minimum atomic E-state index is -3.54. The van der Waals surface area contributed by atoms with E-state index in [0.29, 0.717) is 28.3 Å². The van der Waals surface area contributed by atoms with E-state index in [2.05, 4.69) is 10.1 Å². The van der Waals surface area contributed by atoms with Crippen LogP contribution in [0.2, 0.25) is 0 Å². The lowest BCUT2D eigenvalue weighted by Crippen LogP contribution is -2.44. The molecule has 2 aromatic carbocycles. The van der Waals surface area contributed by atoms with Crippen LogP contribution in [-0.2, 0) is 24.0 Å². The van der Waals surface area contributed by atoms with Crippen molar-refractivity contribution in [2.45, 2.75) is 82.8 Å². The van der Waals surface area contributed by atoms with Gasteiger partial charge < -0.3 is 23.8 Å². The van der Waals surface area contributed by atoms with Gasteiger partial charge in [0.25, 0.3) is 0 Å². The second kappa shape index (κ2) is 14.9. The van der Waals surface area contributed by atoms with Gasteiger partial charge in [0, 0.05) is 23.7 Å². The zero-order valence-electron chi connectivity index (χ0n) is 30.8. The van der Waals surface area contributed by atoms with Gasteiger partial charge in [-0.3, -0.25) is 4.90 Å². The molecule has 0 aliphatic carbocycles. The Hall–Kier alpha value is -5.35. The molecule has 1 aliphatic heterocycles. The smallest absolute Gasteiger partial charge is 0.425 e. The third kappa shape index (κ3) is 9.00. The van der Waals surface area contributed by atoms with E-state index in [1.54, 1.807) is 97.9 Å². The van der Waals surface area contributed by atoms with Gasteiger partial charge in [0.1, 0.15) is 16.9 Å². The molecule has 1 N–H and O–H groups in total. The number of carbonyl (C=O) groups excluding carboxylic acids is 2. The number of aromatic nitrogens is 3. The number of ether oxygens (including phenoxy) is 3. The predicted octanol–water partition coefficient (Wildman–Crippen LogP) is 7.38. The normalized spacial score (nSPS) is 15.3. The number of carboxylic acid groups (broad SMARTS) is 1. The van der Waals surface area contributed by atoms with Crippen LogP contribution in [0.15, 0.2) is 70.2 Å². The number of hydrogen-bond acceptors (Lipinski definition) is 12. The van der Waals surface area contributed by atoms with Gasteiger partial charge in [0.15, 0.2) is 27.1 Å². The molecule has 15 nitrogen and oxygen atoms in total. The van der Waals surface area contributed by atoms with Crippen molar-refractivity contribution in [1.82, 2.24) is 20.0 Å². The third-order valence-corrected chi connectivity index (χ3v) is 10.1. The second-order valence-corrected chi connectivity index (χ2v) is 17.1. The molecule has 282 valence electrons. The Labute approximate surface area is 307 Å². The molecule has 16 heteroatoms. The van der Waals surface area contributed by atoms with Crippen LogP contribution in [-0.4, -0.2) is 88.0 Å². The average Bonchev–Trinajstić information content (AvgIpc) is 3.57. The van der Waals surface area contributed by atoms with Crippen LogP contribution >= 0.6 is 0 Å². The molecular formula is C37H43N5O10S. The zero-order chi connectivity index (χ0) is 38.9. The number of carbonyl (C=O) groups is 3. The zero-order valence-corrected chi connectivity index (χ0v) is 31.6. The van der Waals surface area contributed by atoms with Gasteiger partial charge in [-0.15, -0.1) is 0 Å². The largest absolute Gasteiger partial charge is 0.465 e. The summed E-state index contributed by atoms with van der Waals surface area (Å²) in [5, 5.41) is 13.3. The SMILES string of the molecule is CC(C)S(=O)(=O)c1ccc(-c2cnc(N(C(=O)OC(C)(C)C)C(=O)OC(C)(C)C)c(-c3cc(-c4ccc([C@@H]5COCCN5C(=O)O)cc4)no3)n2)cc1. The highest BCUT2D eigenvalue weighted by Gasteiger charge is 2.37. The average molecular weight is 750 g/mol. The number of imide groups is 1. The number of amides is 3. The maximum atomic E-state index is 13.6. The van der Waals surface area contributed by atoms with E-state index in [-0.39, 0.29) is 41.0 Å². The Morgan fingerprint density at radius 3 is 2.02 bits per heavy atom. The van der Waals surface area contributed by atoms with Crippen molar-refractivity contribution < 1.29 is 46.6 Å². The van der Waals surface area contributed by atoms with Crippen molar-refractivity contribution in [3.05, 3.63) is 66.4 Å². The summed E-state index contributed by atoms with van der Waals surface area (Å²) in [5.74, 6) is -0.234. The minimum absolute atomic E-state index is 0.0299. The quantitative estimate of drug-likeness (QED) is 0.197.